The summed E-state index contributed by atoms with van der Waals surface area (Å²) in [6, 6.07) is 11.6. The van der Waals surface area contributed by atoms with Crippen LogP contribution in [0.25, 0.3) is 0 Å². The normalized spacial score (nSPS) is 16.6. The average Bonchev–Trinajstić information content (AvgIpc) is 3.21. The van der Waals surface area contributed by atoms with Crippen molar-refractivity contribution in [2.24, 2.45) is 4.99 Å². The van der Waals surface area contributed by atoms with Crippen molar-refractivity contribution in [2.45, 2.75) is 18.9 Å². The van der Waals surface area contributed by atoms with E-state index in [1.165, 1.54) is 0 Å². The number of halogens is 1. The molecule has 29 heavy (non-hydrogen) atoms. The van der Waals surface area contributed by atoms with Gasteiger partial charge in [0.15, 0.2) is 5.96 Å². The summed E-state index contributed by atoms with van der Waals surface area (Å²) in [6.07, 6.45) is 3.55. The Labute approximate surface area is 176 Å². The standard InChI is InChI=1S/C21H27ClN6O/c1-23-20(29)16-6-3-5-15(13-16)8-11-26-21(24-2)27-17-9-12-28(14-17)19-18(22)7-4-10-25-19/h3-7,10,13,17H,8-9,11-12,14H2,1-2H3,(H,23,29)(H2,24,26,27). The third-order valence-corrected chi connectivity index (χ3v) is 5.21. The van der Waals surface area contributed by atoms with Crippen molar-refractivity contribution in [1.29, 1.82) is 0 Å². The molecule has 0 saturated carbocycles. The van der Waals surface area contributed by atoms with E-state index in [4.69, 9.17) is 11.6 Å². The molecule has 7 nitrogen and oxygen atoms in total. The van der Waals surface area contributed by atoms with E-state index in [1.807, 2.05) is 36.4 Å². The molecular formula is C21H27ClN6O. The lowest BCUT2D eigenvalue weighted by Crippen LogP contribution is -2.45. The number of pyridine rings is 1. The van der Waals surface area contributed by atoms with Crippen molar-refractivity contribution >= 4 is 29.3 Å². The van der Waals surface area contributed by atoms with E-state index in [0.29, 0.717) is 10.6 Å². The number of carbonyl (C=O) groups excluding carboxylic acids is 1. The number of anilines is 1. The monoisotopic (exact) mass is 414 g/mol. The van der Waals surface area contributed by atoms with Gasteiger partial charge in [-0.3, -0.25) is 9.79 Å². The molecule has 3 rings (SSSR count). The summed E-state index contributed by atoms with van der Waals surface area (Å²) >= 11 is 6.27. The Hall–Kier alpha value is -2.80. The van der Waals surface area contributed by atoms with Crippen molar-refractivity contribution in [3.8, 4) is 0 Å². The Bertz CT molecular complexity index is 872. The molecule has 1 fully saturated rings. The first kappa shape index (κ1) is 20.9. The molecule has 8 heteroatoms. The Balaban J connectivity index is 1.48. The maximum absolute atomic E-state index is 11.8. The average molecular weight is 415 g/mol. The number of benzene rings is 1. The van der Waals surface area contributed by atoms with Crippen molar-refractivity contribution in [2.75, 3.05) is 38.6 Å². The Morgan fingerprint density at radius 1 is 1.34 bits per heavy atom. The minimum Gasteiger partial charge on any atom is -0.356 e. The van der Waals surface area contributed by atoms with E-state index in [2.05, 4.69) is 30.8 Å². The fourth-order valence-corrected chi connectivity index (χ4v) is 3.65. The van der Waals surface area contributed by atoms with E-state index in [-0.39, 0.29) is 11.9 Å². The zero-order valence-electron chi connectivity index (χ0n) is 16.8. The third-order valence-electron chi connectivity index (χ3n) is 4.91. The van der Waals surface area contributed by atoms with E-state index in [0.717, 1.165) is 49.8 Å². The third kappa shape index (κ3) is 5.60. The van der Waals surface area contributed by atoms with Gasteiger partial charge in [-0.2, -0.15) is 0 Å². The molecule has 1 aromatic heterocycles. The minimum absolute atomic E-state index is 0.0731. The van der Waals surface area contributed by atoms with Gasteiger partial charge in [0.2, 0.25) is 0 Å². The number of amides is 1. The molecule has 0 aliphatic carbocycles. The predicted octanol–water partition coefficient (Wildman–Crippen LogP) is 2.08. The fraction of sp³-hybridized carbons (Fsp3) is 0.381. The molecule has 0 radical (unpaired) electrons. The second kappa shape index (κ2) is 10.1. The van der Waals surface area contributed by atoms with Crippen LogP contribution < -0.4 is 20.9 Å². The van der Waals surface area contributed by atoms with Crippen LogP contribution in [0.15, 0.2) is 47.6 Å². The van der Waals surface area contributed by atoms with E-state index < -0.39 is 0 Å². The first-order valence-corrected chi connectivity index (χ1v) is 10.1. The number of aliphatic imine (C=N–C) groups is 1. The molecule has 3 N–H and O–H groups in total. The fourth-order valence-electron chi connectivity index (χ4n) is 3.41. The molecular weight excluding hydrogens is 388 g/mol. The number of hydrogen-bond acceptors (Lipinski definition) is 4. The van der Waals surface area contributed by atoms with Crippen LogP contribution in [0, 0.1) is 0 Å². The summed E-state index contributed by atoms with van der Waals surface area (Å²) in [5.41, 5.74) is 1.78. The molecule has 1 aliphatic heterocycles. The quantitative estimate of drug-likeness (QED) is 0.498. The molecule has 1 saturated heterocycles. The molecule has 1 atom stereocenters. The number of hydrogen-bond donors (Lipinski definition) is 3. The summed E-state index contributed by atoms with van der Waals surface area (Å²) in [5.74, 6) is 1.53. The van der Waals surface area contributed by atoms with Crippen LogP contribution in [-0.2, 0) is 6.42 Å². The lowest BCUT2D eigenvalue weighted by atomic mass is 10.1. The largest absolute Gasteiger partial charge is 0.356 e. The van der Waals surface area contributed by atoms with Crippen LogP contribution in [0.3, 0.4) is 0 Å². The zero-order valence-corrected chi connectivity index (χ0v) is 17.5. The van der Waals surface area contributed by atoms with Crippen LogP contribution in [0.2, 0.25) is 5.02 Å². The maximum Gasteiger partial charge on any atom is 0.251 e. The van der Waals surface area contributed by atoms with Gasteiger partial charge < -0.3 is 20.9 Å². The smallest absolute Gasteiger partial charge is 0.251 e. The second-order valence-corrected chi connectivity index (χ2v) is 7.32. The summed E-state index contributed by atoms with van der Waals surface area (Å²) in [5, 5.41) is 10.1. The van der Waals surface area contributed by atoms with Gasteiger partial charge in [-0.25, -0.2) is 4.98 Å². The highest BCUT2D eigenvalue weighted by molar-refractivity contribution is 6.32. The lowest BCUT2D eigenvalue weighted by Gasteiger charge is -2.20. The number of aromatic nitrogens is 1. The van der Waals surface area contributed by atoms with Crippen molar-refractivity contribution < 1.29 is 4.79 Å². The minimum atomic E-state index is -0.0731. The first-order chi connectivity index (χ1) is 14.1. The van der Waals surface area contributed by atoms with Gasteiger partial charge in [0.1, 0.15) is 5.82 Å². The van der Waals surface area contributed by atoms with E-state index in [1.54, 1.807) is 20.3 Å². The topological polar surface area (TPSA) is 81.6 Å². The van der Waals surface area contributed by atoms with Crippen LogP contribution in [0.1, 0.15) is 22.3 Å². The highest BCUT2D eigenvalue weighted by Crippen LogP contribution is 2.25. The SMILES string of the molecule is CN=C(NCCc1cccc(C(=O)NC)c1)NC1CCN(c2ncccc2Cl)C1. The van der Waals surface area contributed by atoms with Gasteiger partial charge in [0, 0.05) is 51.5 Å². The highest BCUT2D eigenvalue weighted by Gasteiger charge is 2.25. The molecule has 0 spiro atoms. The number of carbonyl (C=O) groups is 1. The Kier molecular flexibility index (Phi) is 7.30. The van der Waals surface area contributed by atoms with Crippen LogP contribution in [0.4, 0.5) is 5.82 Å². The predicted molar refractivity (Wildman–Crippen MR) is 118 cm³/mol. The number of nitrogens with zero attached hydrogens (tertiary/aromatic N) is 3. The summed E-state index contributed by atoms with van der Waals surface area (Å²) in [7, 11) is 3.40. The van der Waals surface area contributed by atoms with Gasteiger partial charge in [0.05, 0.1) is 5.02 Å². The lowest BCUT2D eigenvalue weighted by molar-refractivity contribution is 0.0963. The van der Waals surface area contributed by atoms with Gasteiger partial charge >= 0.3 is 0 Å². The summed E-state index contributed by atoms with van der Waals surface area (Å²) < 4.78 is 0. The second-order valence-electron chi connectivity index (χ2n) is 6.91. The zero-order chi connectivity index (χ0) is 20.6. The molecule has 2 aromatic rings. The van der Waals surface area contributed by atoms with E-state index >= 15 is 0 Å². The molecule has 1 amide bonds. The number of guanidine groups is 1. The maximum atomic E-state index is 11.8. The van der Waals surface area contributed by atoms with Gasteiger partial charge in [-0.05, 0) is 42.7 Å². The molecule has 154 valence electrons. The van der Waals surface area contributed by atoms with Gasteiger partial charge in [-0.15, -0.1) is 0 Å². The Morgan fingerprint density at radius 3 is 2.97 bits per heavy atom. The number of rotatable bonds is 6. The van der Waals surface area contributed by atoms with Crippen molar-refractivity contribution in [1.82, 2.24) is 20.9 Å². The Morgan fingerprint density at radius 2 is 2.21 bits per heavy atom. The number of nitrogens with one attached hydrogen (secondary N) is 3. The van der Waals surface area contributed by atoms with E-state index in [9.17, 15) is 4.79 Å². The molecule has 1 aliphatic rings. The first-order valence-electron chi connectivity index (χ1n) is 9.74. The molecule has 1 unspecified atom stereocenters. The van der Waals surface area contributed by atoms with Crippen LogP contribution in [-0.4, -0.2) is 56.6 Å². The summed E-state index contributed by atoms with van der Waals surface area (Å²) in [6.45, 7) is 2.45. The van der Waals surface area contributed by atoms with Crippen molar-refractivity contribution in [3.63, 3.8) is 0 Å². The van der Waals surface area contributed by atoms with Gasteiger partial charge in [-0.1, -0.05) is 23.7 Å². The van der Waals surface area contributed by atoms with Crippen molar-refractivity contribution in [3.05, 3.63) is 58.7 Å². The highest BCUT2D eigenvalue weighted by atomic mass is 35.5. The van der Waals surface area contributed by atoms with Crippen LogP contribution in [0.5, 0.6) is 0 Å². The van der Waals surface area contributed by atoms with Crippen LogP contribution >= 0.6 is 11.6 Å². The molecule has 2 heterocycles. The van der Waals surface area contributed by atoms with Gasteiger partial charge in [0.25, 0.3) is 5.91 Å². The summed E-state index contributed by atoms with van der Waals surface area (Å²) in [4.78, 5) is 22.7. The molecule has 0 bridgehead atoms. The molecule has 1 aromatic carbocycles.